The Balaban J connectivity index is 3.13. The summed E-state index contributed by atoms with van der Waals surface area (Å²) in [6.07, 6.45) is -1.15. The Morgan fingerprint density at radius 2 is 1.94 bits per heavy atom. The van der Waals surface area contributed by atoms with Crippen LogP contribution in [0.4, 0.5) is 4.79 Å². The number of carbonyl (C=O) groups excluding carboxylic acids is 1. The van der Waals surface area contributed by atoms with E-state index < -0.39 is 32.5 Å². The third-order valence-electron chi connectivity index (χ3n) is 1.90. The van der Waals surface area contributed by atoms with Crippen LogP contribution in [0.1, 0.15) is 17.3 Å². The van der Waals surface area contributed by atoms with Crippen molar-refractivity contribution in [3.05, 3.63) is 29.8 Å². The zero-order chi connectivity index (χ0) is 13.8. The average Bonchev–Trinajstić information content (AvgIpc) is 2.28. The van der Waals surface area contributed by atoms with Crippen molar-refractivity contribution in [1.82, 2.24) is 4.72 Å². The Morgan fingerprint density at radius 1 is 1.33 bits per heavy atom. The Hall–Kier alpha value is -2.09. The number of carboxylic acids is 1. The van der Waals surface area contributed by atoms with Gasteiger partial charge in [0, 0.05) is 0 Å². The van der Waals surface area contributed by atoms with E-state index in [0.29, 0.717) is 0 Å². The molecule has 0 saturated carbocycles. The molecule has 0 bridgehead atoms. The number of hydrogen-bond acceptors (Lipinski definition) is 5. The number of nitrogens with one attached hydrogen (secondary N) is 1. The fourth-order valence-electron chi connectivity index (χ4n) is 1.20. The molecule has 0 aliphatic heterocycles. The van der Waals surface area contributed by atoms with Gasteiger partial charge in [0.15, 0.2) is 0 Å². The van der Waals surface area contributed by atoms with E-state index in [2.05, 4.69) is 4.74 Å². The van der Waals surface area contributed by atoms with Crippen LogP contribution < -0.4 is 4.72 Å². The molecule has 1 rings (SSSR count). The minimum absolute atomic E-state index is 0.00192. The SMILES string of the molecule is CCOC(=O)NS(=O)(=O)c1ccccc1C(=O)O. The molecule has 1 aromatic carbocycles. The minimum Gasteiger partial charge on any atom is -0.478 e. The second-order valence-electron chi connectivity index (χ2n) is 3.13. The fraction of sp³-hybridized carbons (Fsp3) is 0.200. The van der Waals surface area contributed by atoms with Crippen molar-refractivity contribution in [3.63, 3.8) is 0 Å². The lowest BCUT2D eigenvalue weighted by atomic mass is 10.2. The van der Waals surface area contributed by atoms with Crippen LogP contribution >= 0.6 is 0 Å². The molecule has 0 saturated heterocycles. The number of aromatic carboxylic acids is 1. The number of sulfonamides is 1. The molecule has 0 fully saturated rings. The number of hydrogen-bond donors (Lipinski definition) is 2. The third-order valence-corrected chi connectivity index (χ3v) is 3.27. The second kappa shape index (κ2) is 5.50. The fourth-order valence-corrected chi connectivity index (χ4v) is 2.29. The minimum atomic E-state index is -4.26. The van der Waals surface area contributed by atoms with Gasteiger partial charge in [0.2, 0.25) is 0 Å². The highest BCUT2D eigenvalue weighted by Crippen LogP contribution is 2.15. The number of ether oxygens (including phenoxy) is 1. The van der Waals surface area contributed by atoms with E-state index in [1.807, 2.05) is 0 Å². The Morgan fingerprint density at radius 3 is 2.50 bits per heavy atom. The largest absolute Gasteiger partial charge is 0.478 e. The molecule has 7 nitrogen and oxygen atoms in total. The van der Waals surface area contributed by atoms with Gasteiger partial charge in [0.05, 0.1) is 12.2 Å². The van der Waals surface area contributed by atoms with Gasteiger partial charge in [-0.1, -0.05) is 12.1 Å². The molecule has 0 radical (unpaired) electrons. The first kappa shape index (κ1) is 14.0. The Bertz CT molecular complexity index is 565. The molecule has 8 heteroatoms. The number of benzene rings is 1. The molecule has 0 aliphatic rings. The molecule has 0 heterocycles. The molecule has 98 valence electrons. The van der Waals surface area contributed by atoms with Crippen LogP contribution in [0.2, 0.25) is 0 Å². The van der Waals surface area contributed by atoms with Crippen molar-refractivity contribution in [2.24, 2.45) is 0 Å². The van der Waals surface area contributed by atoms with E-state index >= 15 is 0 Å². The quantitative estimate of drug-likeness (QED) is 0.840. The molecule has 1 amide bonds. The van der Waals surface area contributed by atoms with Gasteiger partial charge in [-0.2, -0.15) is 0 Å². The van der Waals surface area contributed by atoms with Crippen molar-refractivity contribution < 1.29 is 27.9 Å². The van der Waals surface area contributed by atoms with Gasteiger partial charge < -0.3 is 9.84 Å². The predicted molar refractivity (Wildman–Crippen MR) is 60.7 cm³/mol. The lowest BCUT2D eigenvalue weighted by Crippen LogP contribution is -2.32. The number of amides is 1. The summed E-state index contributed by atoms with van der Waals surface area (Å²) in [5.41, 5.74) is -0.422. The summed E-state index contributed by atoms with van der Waals surface area (Å²) < 4.78 is 29.6. The van der Waals surface area contributed by atoms with E-state index in [0.717, 1.165) is 12.1 Å². The topological polar surface area (TPSA) is 110 Å². The summed E-state index contributed by atoms with van der Waals surface area (Å²) >= 11 is 0. The van der Waals surface area contributed by atoms with Gasteiger partial charge >= 0.3 is 12.1 Å². The molecule has 0 atom stereocenters. The Labute approximate surface area is 103 Å². The van der Waals surface area contributed by atoms with Gasteiger partial charge in [-0.15, -0.1) is 0 Å². The molecule has 0 aliphatic carbocycles. The summed E-state index contributed by atoms with van der Waals surface area (Å²) in [6.45, 7) is 1.51. The number of rotatable bonds is 4. The van der Waals surface area contributed by atoms with Crippen LogP contribution in [-0.2, 0) is 14.8 Å². The van der Waals surface area contributed by atoms with Crippen LogP contribution in [-0.4, -0.2) is 32.2 Å². The summed E-state index contributed by atoms with van der Waals surface area (Å²) in [7, 11) is -4.26. The summed E-state index contributed by atoms with van der Waals surface area (Å²) in [4.78, 5) is 21.4. The van der Waals surface area contributed by atoms with Crippen LogP contribution in [0.3, 0.4) is 0 Å². The van der Waals surface area contributed by atoms with Crippen LogP contribution in [0.5, 0.6) is 0 Å². The Kier molecular flexibility index (Phi) is 4.27. The van der Waals surface area contributed by atoms with Gasteiger partial charge in [-0.05, 0) is 19.1 Å². The highest BCUT2D eigenvalue weighted by atomic mass is 32.2. The maximum Gasteiger partial charge on any atom is 0.421 e. The molecule has 18 heavy (non-hydrogen) atoms. The lowest BCUT2D eigenvalue weighted by Gasteiger charge is -2.08. The summed E-state index contributed by atoms with van der Waals surface area (Å²) in [5.74, 6) is -1.40. The molecule has 0 aromatic heterocycles. The maximum atomic E-state index is 11.8. The summed E-state index contributed by atoms with van der Waals surface area (Å²) in [6, 6.07) is 4.95. The van der Waals surface area contributed by atoms with Crippen molar-refractivity contribution in [2.45, 2.75) is 11.8 Å². The van der Waals surface area contributed by atoms with Crippen molar-refractivity contribution in [3.8, 4) is 0 Å². The first-order valence-corrected chi connectivity index (χ1v) is 6.38. The van der Waals surface area contributed by atoms with Crippen LogP contribution in [0.25, 0.3) is 0 Å². The van der Waals surface area contributed by atoms with Crippen LogP contribution in [0.15, 0.2) is 29.2 Å². The van der Waals surface area contributed by atoms with Gasteiger partial charge in [0.1, 0.15) is 4.90 Å². The van der Waals surface area contributed by atoms with Gasteiger partial charge in [-0.25, -0.2) is 22.7 Å². The smallest absolute Gasteiger partial charge is 0.421 e. The average molecular weight is 273 g/mol. The first-order chi connectivity index (χ1) is 8.38. The van der Waals surface area contributed by atoms with E-state index in [1.165, 1.54) is 19.1 Å². The van der Waals surface area contributed by atoms with Crippen molar-refractivity contribution in [2.75, 3.05) is 6.61 Å². The zero-order valence-corrected chi connectivity index (χ0v) is 10.2. The standard InChI is InChI=1S/C10H11NO6S/c1-2-17-10(14)11-18(15,16)8-6-4-3-5-7(8)9(12)13/h3-6H,2H2,1H3,(H,11,14)(H,12,13). The van der Waals surface area contributed by atoms with Gasteiger partial charge in [-0.3, -0.25) is 0 Å². The maximum absolute atomic E-state index is 11.8. The highest BCUT2D eigenvalue weighted by Gasteiger charge is 2.24. The van der Waals surface area contributed by atoms with Crippen molar-refractivity contribution >= 4 is 22.1 Å². The molecule has 1 aromatic rings. The summed E-state index contributed by atoms with van der Waals surface area (Å²) in [5, 5.41) is 8.86. The molecule has 2 N–H and O–H groups in total. The molecular weight excluding hydrogens is 262 g/mol. The number of carboxylic acid groups (broad SMARTS) is 1. The molecule has 0 spiro atoms. The first-order valence-electron chi connectivity index (χ1n) is 4.90. The monoisotopic (exact) mass is 273 g/mol. The van der Waals surface area contributed by atoms with E-state index in [9.17, 15) is 18.0 Å². The second-order valence-corrected chi connectivity index (χ2v) is 4.78. The molecule has 0 unspecified atom stereocenters. The lowest BCUT2D eigenvalue weighted by molar-refractivity contribution is 0.0692. The van der Waals surface area contributed by atoms with Gasteiger partial charge in [0.25, 0.3) is 10.0 Å². The zero-order valence-electron chi connectivity index (χ0n) is 9.41. The third kappa shape index (κ3) is 3.20. The van der Waals surface area contributed by atoms with E-state index in [4.69, 9.17) is 5.11 Å². The number of carbonyl (C=O) groups is 2. The van der Waals surface area contributed by atoms with Crippen LogP contribution in [0, 0.1) is 0 Å². The van der Waals surface area contributed by atoms with E-state index in [-0.39, 0.29) is 6.61 Å². The van der Waals surface area contributed by atoms with E-state index in [1.54, 1.807) is 4.72 Å². The normalized spacial score (nSPS) is 10.7. The molecular formula is C10H11NO6S. The predicted octanol–water partition coefficient (Wildman–Crippen LogP) is 0.820. The van der Waals surface area contributed by atoms with Crippen molar-refractivity contribution in [1.29, 1.82) is 0 Å². The highest BCUT2D eigenvalue weighted by molar-refractivity contribution is 7.90.